The van der Waals surface area contributed by atoms with Gasteiger partial charge < -0.3 is 4.42 Å². The van der Waals surface area contributed by atoms with Gasteiger partial charge in [-0.05, 0) is 65.9 Å². The summed E-state index contributed by atoms with van der Waals surface area (Å²) in [4.78, 5) is 0. The lowest BCUT2D eigenvalue weighted by atomic mass is 9.95. The summed E-state index contributed by atoms with van der Waals surface area (Å²) in [5, 5.41) is 4.53. The Labute approximate surface area is 203 Å². The summed E-state index contributed by atoms with van der Waals surface area (Å²) in [7, 11) is 0.345. The van der Waals surface area contributed by atoms with Gasteiger partial charge in [0, 0.05) is 35.7 Å². The van der Waals surface area contributed by atoms with Crippen molar-refractivity contribution in [2.75, 3.05) is 0 Å². The summed E-state index contributed by atoms with van der Waals surface area (Å²) in [6, 6.07) is 15.7. The van der Waals surface area contributed by atoms with E-state index >= 15 is 0 Å². The van der Waals surface area contributed by atoms with Crippen molar-refractivity contribution in [1.82, 2.24) is 0 Å². The van der Waals surface area contributed by atoms with Crippen LogP contribution in [0.5, 0.6) is 0 Å². The van der Waals surface area contributed by atoms with Gasteiger partial charge in [-0.3, -0.25) is 0 Å². The van der Waals surface area contributed by atoms with Crippen LogP contribution in [0.4, 0.5) is 4.39 Å². The Balaban J connectivity index is 1.93. The normalized spacial score (nSPS) is 13.3. The number of fused-ring (bicyclic) bond motifs is 4. The number of benzene rings is 3. The Hall–Kier alpha value is -2.98. The molecule has 0 radical (unpaired) electrons. The van der Waals surface area contributed by atoms with Crippen molar-refractivity contribution in [3.05, 3.63) is 71.0 Å². The van der Waals surface area contributed by atoms with Gasteiger partial charge in [-0.25, -0.2) is 4.39 Å². The van der Waals surface area contributed by atoms with Crippen LogP contribution in [0.25, 0.3) is 44.1 Å². The van der Waals surface area contributed by atoms with Crippen molar-refractivity contribution in [2.24, 2.45) is 7.05 Å². The molecular formula is C30H33FNOSi+. The second kappa shape index (κ2) is 7.77. The first-order valence-corrected chi connectivity index (χ1v) is 15.4. The third-order valence-electron chi connectivity index (χ3n) is 7.18. The zero-order chi connectivity index (χ0) is 25.4. The molecule has 0 atom stereocenters. The first-order chi connectivity index (χ1) is 16.3. The minimum Gasteiger partial charge on any atom is -0.455 e. The molecular weight excluding hydrogens is 437 g/mol. The van der Waals surface area contributed by atoms with Crippen molar-refractivity contribution in [1.29, 1.82) is 0 Å². The van der Waals surface area contributed by atoms with Gasteiger partial charge in [0.25, 0.3) is 0 Å². The number of pyridine rings is 1. The van der Waals surface area contributed by atoms with Crippen LogP contribution >= 0.6 is 0 Å². The molecule has 0 aliphatic carbocycles. The third kappa shape index (κ3) is 3.47. The van der Waals surface area contributed by atoms with Crippen LogP contribution in [0, 0.1) is 19.7 Å². The molecule has 0 aliphatic heterocycles. The van der Waals surface area contributed by atoms with Crippen molar-refractivity contribution in [2.45, 2.75) is 53.2 Å². The fourth-order valence-electron chi connectivity index (χ4n) is 5.08. The highest BCUT2D eigenvalue weighted by molar-refractivity contribution is 6.90. The molecule has 0 saturated carbocycles. The maximum absolute atomic E-state index is 14.0. The van der Waals surface area contributed by atoms with Crippen LogP contribution in [-0.4, -0.2) is 8.07 Å². The average molecular weight is 472 g/mol. The van der Waals surface area contributed by atoms with Gasteiger partial charge in [0.1, 0.15) is 24.0 Å². The van der Waals surface area contributed by atoms with E-state index in [0.29, 0.717) is 5.58 Å². The van der Waals surface area contributed by atoms with Crippen LogP contribution in [0.2, 0.25) is 19.6 Å². The molecule has 2 nitrogen and oxygen atoms in total. The lowest BCUT2D eigenvalue weighted by Gasteiger charge is -2.21. The number of hydrogen-bond donors (Lipinski definition) is 0. The maximum Gasteiger partial charge on any atom is 0.216 e. The zero-order valence-electron chi connectivity index (χ0n) is 22.4. The predicted octanol–water partition coefficient (Wildman–Crippen LogP) is 7.66. The smallest absolute Gasteiger partial charge is 0.216 e. The standard InChI is InChI=1S/C30H33FNOSi/c1-17(2)20-9-12-25-24(14-20)28(34(6,7)8)16-26(32(25)5)29-19(4)18(3)13-23-22-11-10-21(31)15-27(22)33-30(23)29/h9-17H,1-8H3/q+1/i17D. The summed E-state index contributed by atoms with van der Waals surface area (Å²) in [6.45, 7) is 15.2. The highest BCUT2D eigenvalue weighted by Gasteiger charge is 2.29. The van der Waals surface area contributed by atoms with Crippen LogP contribution in [-0.2, 0) is 7.05 Å². The number of furan rings is 1. The van der Waals surface area contributed by atoms with Gasteiger partial charge in [0.05, 0.1) is 13.6 Å². The summed E-state index contributed by atoms with van der Waals surface area (Å²) >= 11 is 0. The largest absolute Gasteiger partial charge is 0.455 e. The van der Waals surface area contributed by atoms with E-state index in [2.05, 4.69) is 75.4 Å². The van der Waals surface area contributed by atoms with E-state index in [1.165, 1.54) is 28.3 Å². The fraction of sp³-hybridized carbons (Fsp3) is 0.300. The Kier molecular flexibility index (Phi) is 4.93. The Bertz CT molecular complexity index is 1650. The van der Waals surface area contributed by atoms with Gasteiger partial charge in [-0.1, -0.05) is 39.6 Å². The monoisotopic (exact) mass is 471 g/mol. The van der Waals surface area contributed by atoms with Gasteiger partial charge in [-0.15, -0.1) is 0 Å². The van der Waals surface area contributed by atoms with Crippen molar-refractivity contribution in [3.8, 4) is 11.3 Å². The second-order valence-corrected chi connectivity index (χ2v) is 15.8. The molecule has 5 rings (SSSR count). The average Bonchev–Trinajstić information content (AvgIpc) is 3.10. The lowest BCUT2D eigenvalue weighted by molar-refractivity contribution is -0.633. The van der Waals surface area contributed by atoms with E-state index in [-0.39, 0.29) is 5.82 Å². The van der Waals surface area contributed by atoms with Crippen LogP contribution in [0.3, 0.4) is 0 Å². The van der Waals surface area contributed by atoms with Gasteiger partial charge in [0.15, 0.2) is 0 Å². The number of hydrogen-bond acceptors (Lipinski definition) is 1. The molecule has 0 unspecified atom stereocenters. The topological polar surface area (TPSA) is 17.0 Å². The van der Waals surface area contributed by atoms with E-state index in [1.54, 1.807) is 0 Å². The van der Waals surface area contributed by atoms with E-state index in [1.807, 2.05) is 19.9 Å². The van der Waals surface area contributed by atoms with Crippen LogP contribution in [0.1, 0.15) is 37.8 Å². The molecule has 2 heterocycles. The summed E-state index contributed by atoms with van der Waals surface area (Å²) in [5.41, 5.74) is 8.04. The highest BCUT2D eigenvalue weighted by Crippen LogP contribution is 2.39. The zero-order valence-corrected chi connectivity index (χ0v) is 22.4. The predicted molar refractivity (Wildman–Crippen MR) is 144 cm³/mol. The number of halogens is 1. The number of nitrogens with zero attached hydrogens (tertiary/aromatic N) is 1. The Morgan fingerprint density at radius 3 is 2.35 bits per heavy atom. The van der Waals surface area contributed by atoms with E-state index < -0.39 is 14.0 Å². The van der Waals surface area contributed by atoms with Crippen LogP contribution in [0.15, 0.2) is 52.9 Å². The molecule has 2 aromatic heterocycles. The molecule has 0 N–H and O–H groups in total. The molecule has 34 heavy (non-hydrogen) atoms. The molecule has 4 heteroatoms. The SMILES string of the molecule is [2H]C(C)(C)c1ccc2c(c1)c([Si](C)(C)C)cc(-c1c(C)c(C)cc3c1oc1cc(F)ccc13)[n+]2C. The first kappa shape index (κ1) is 21.5. The highest BCUT2D eigenvalue weighted by atomic mass is 28.3. The van der Waals surface area contributed by atoms with Gasteiger partial charge in [-0.2, -0.15) is 4.57 Å². The molecule has 5 aromatic rings. The summed E-state index contributed by atoms with van der Waals surface area (Å²) in [5.74, 6) is -0.956. The van der Waals surface area contributed by atoms with Crippen molar-refractivity contribution in [3.63, 3.8) is 0 Å². The molecule has 3 aromatic carbocycles. The van der Waals surface area contributed by atoms with Crippen molar-refractivity contribution < 1.29 is 14.7 Å². The number of aromatic nitrogens is 1. The van der Waals surface area contributed by atoms with Gasteiger partial charge >= 0.3 is 0 Å². The quantitative estimate of drug-likeness (QED) is 0.195. The Morgan fingerprint density at radius 1 is 0.941 bits per heavy atom. The molecule has 0 spiro atoms. The van der Waals surface area contributed by atoms with Crippen molar-refractivity contribution >= 4 is 46.1 Å². The molecule has 174 valence electrons. The van der Waals surface area contributed by atoms with Crippen LogP contribution < -0.4 is 9.75 Å². The molecule has 0 saturated heterocycles. The fourth-order valence-corrected chi connectivity index (χ4v) is 6.65. The van der Waals surface area contributed by atoms with E-state index in [0.717, 1.165) is 44.3 Å². The van der Waals surface area contributed by atoms with E-state index in [9.17, 15) is 4.39 Å². The minimum absolute atomic E-state index is 0.294. The second-order valence-electron chi connectivity index (χ2n) is 10.8. The number of rotatable bonds is 3. The molecule has 0 fully saturated rings. The Morgan fingerprint density at radius 2 is 1.68 bits per heavy atom. The number of aryl methyl sites for hydroxylation is 2. The summed E-state index contributed by atoms with van der Waals surface area (Å²) < 4.78 is 31.2. The lowest BCUT2D eigenvalue weighted by Crippen LogP contribution is -2.43. The third-order valence-corrected chi connectivity index (χ3v) is 9.21. The minimum atomic E-state index is -1.76. The van der Waals surface area contributed by atoms with E-state index in [4.69, 9.17) is 5.79 Å². The summed E-state index contributed by atoms with van der Waals surface area (Å²) in [6.07, 6.45) is 0. The molecule has 0 amide bonds. The molecule has 0 bridgehead atoms. The van der Waals surface area contributed by atoms with Gasteiger partial charge in [0.2, 0.25) is 11.2 Å². The maximum atomic E-state index is 14.0. The first-order valence-electron chi connectivity index (χ1n) is 12.4. The molecule has 0 aliphatic rings.